The molecule has 0 bridgehead atoms. The molecule has 0 fully saturated rings. The number of allylic oxidation sites excluding steroid dienone is 1. The van der Waals surface area contributed by atoms with Gasteiger partial charge in [-0.3, -0.25) is 0 Å². The van der Waals surface area contributed by atoms with E-state index in [4.69, 9.17) is 52.1 Å². The van der Waals surface area contributed by atoms with Crippen molar-refractivity contribution >= 4 is 11.1 Å². The fraction of sp³-hybridized carbons (Fsp3) is 0.333. The fourth-order valence-electron chi connectivity index (χ4n) is 7.80. The largest absolute Gasteiger partial charge is 0.493 e. The minimum absolute atomic E-state index is 0.0764. The highest BCUT2D eigenvalue weighted by Gasteiger charge is 2.36. The van der Waals surface area contributed by atoms with E-state index >= 15 is 0 Å². The van der Waals surface area contributed by atoms with Crippen molar-refractivity contribution in [2.75, 3.05) is 56.2 Å². The monoisotopic (exact) mass is 722 g/mol. The van der Waals surface area contributed by atoms with Gasteiger partial charge in [0.15, 0.2) is 46.0 Å². The molecule has 0 N–H and O–H groups in total. The van der Waals surface area contributed by atoms with Crippen LogP contribution < -0.4 is 47.4 Å². The Morgan fingerprint density at radius 1 is 0.528 bits per heavy atom. The summed E-state index contributed by atoms with van der Waals surface area (Å²) in [6.45, 7) is 4.71. The Labute approximate surface area is 308 Å². The van der Waals surface area contributed by atoms with Gasteiger partial charge in [0, 0.05) is 17.9 Å². The smallest absolute Gasteiger partial charge is 0.231 e. The van der Waals surface area contributed by atoms with Crippen LogP contribution in [-0.4, -0.2) is 62.3 Å². The molecule has 276 valence electrons. The highest BCUT2D eigenvalue weighted by molar-refractivity contribution is 5.89. The Morgan fingerprint density at radius 3 is 1.51 bits per heavy atom. The predicted octanol–water partition coefficient (Wildman–Crippen LogP) is 8.10. The number of hydrogen-bond acceptors (Lipinski definition) is 11. The molecule has 4 aromatic rings. The van der Waals surface area contributed by atoms with Gasteiger partial charge in [0.25, 0.3) is 0 Å². The first-order valence-corrected chi connectivity index (χ1v) is 17.4. The lowest BCUT2D eigenvalue weighted by Gasteiger charge is -2.35. The van der Waals surface area contributed by atoms with Crippen LogP contribution in [0.5, 0.6) is 57.5 Å². The van der Waals surface area contributed by atoms with Gasteiger partial charge in [-0.25, -0.2) is 0 Å². The average Bonchev–Trinajstić information content (AvgIpc) is 3.85. The molecular weight excluding hydrogens is 680 g/mol. The number of hydrogen-bond donors (Lipinski definition) is 0. The van der Waals surface area contributed by atoms with Crippen LogP contribution in [0.4, 0.5) is 0 Å². The van der Waals surface area contributed by atoms with Crippen LogP contribution in [0.2, 0.25) is 0 Å². The Hall–Kier alpha value is -5.84. The molecule has 4 aliphatic rings. The van der Waals surface area contributed by atoms with Crippen molar-refractivity contribution in [3.8, 4) is 57.5 Å². The van der Waals surface area contributed by atoms with Gasteiger partial charge >= 0.3 is 0 Å². The van der Waals surface area contributed by atoms with E-state index in [1.165, 1.54) is 0 Å². The molecule has 2 aliphatic carbocycles. The van der Waals surface area contributed by atoms with E-state index in [2.05, 4.69) is 32.1 Å². The van der Waals surface area contributed by atoms with Gasteiger partial charge in [-0.05, 0) is 99.5 Å². The predicted molar refractivity (Wildman–Crippen MR) is 197 cm³/mol. The summed E-state index contributed by atoms with van der Waals surface area (Å²) in [5, 5.41) is 0. The quantitative estimate of drug-likeness (QED) is 0.159. The summed E-state index contributed by atoms with van der Waals surface area (Å²) < 4.78 is 65.2. The van der Waals surface area contributed by atoms with Crippen LogP contribution in [0.1, 0.15) is 65.5 Å². The lowest BCUT2D eigenvalue weighted by Crippen LogP contribution is -2.25. The third-order valence-corrected chi connectivity index (χ3v) is 10.5. The first-order valence-electron chi connectivity index (χ1n) is 17.4. The molecule has 11 nitrogen and oxygen atoms in total. The fourth-order valence-corrected chi connectivity index (χ4v) is 7.80. The minimum Gasteiger partial charge on any atom is -0.493 e. The van der Waals surface area contributed by atoms with Crippen LogP contribution in [0.25, 0.3) is 11.1 Å². The third-order valence-electron chi connectivity index (χ3n) is 10.5. The van der Waals surface area contributed by atoms with Gasteiger partial charge in [0.2, 0.25) is 25.1 Å². The summed E-state index contributed by atoms with van der Waals surface area (Å²) in [7, 11) is 9.65. The SMILES string of the molecule is COc1cc(C2=CC(OC3=C(c4cc(OC)c(OC)c(OC)c4)c4cc5c(cc4C(C)C3)OCO5)C(C)c3cc4c(cc32)OCO4)cc(OC)c1OC. The zero-order valence-electron chi connectivity index (χ0n) is 31.0. The molecule has 53 heavy (non-hydrogen) atoms. The third kappa shape index (κ3) is 5.66. The summed E-state index contributed by atoms with van der Waals surface area (Å²) in [5.41, 5.74) is 7.74. The van der Waals surface area contributed by atoms with E-state index in [0.29, 0.717) is 58.2 Å². The van der Waals surface area contributed by atoms with E-state index in [9.17, 15) is 0 Å². The molecule has 0 radical (unpaired) electrons. The topological polar surface area (TPSA) is 102 Å². The molecular formula is C42H42O11. The summed E-state index contributed by atoms with van der Waals surface area (Å²) in [5.74, 6) is 6.85. The Morgan fingerprint density at radius 2 is 1.00 bits per heavy atom. The maximum Gasteiger partial charge on any atom is 0.231 e. The second-order valence-corrected chi connectivity index (χ2v) is 13.3. The molecule has 0 saturated heterocycles. The van der Waals surface area contributed by atoms with Gasteiger partial charge in [-0.2, -0.15) is 0 Å². The summed E-state index contributed by atoms with van der Waals surface area (Å²) in [6, 6.07) is 16.1. The van der Waals surface area contributed by atoms with Crippen molar-refractivity contribution in [3.63, 3.8) is 0 Å². The second kappa shape index (κ2) is 13.6. The second-order valence-electron chi connectivity index (χ2n) is 13.3. The maximum absolute atomic E-state index is 7.31. The highest BCUT2D eigenvalue weighted by atomic mass is 16.7. The van der Waals surface area contributed by atoms with E-state index in [0.717, 1.165) is 56.0 Å². The Bertz CT molecular complexity index is 2120. The molecule has 2 aliphatic heterocycles. The number of fused-ring (bicyclic) bond motifs is 4. The van der Waals surface area contributed by atoms with Crippen molar-refractivity contribution in [1.82, 2.24) is 0 Å². The molecule has 0 spiro atoms. The van der Waals surface area contributed by atoms with Gasteiger partial charge in [-0.1, -0.05) is 13.8 Å². The van der Waals surface area contributed by atoms with Crippen LogP contribution in [0.15, 0.2) is 60.4 Å². The van der Waals surface area contributed by atoms with Crippen LogP contribution in [0.3, 0.4) is 0 Å². The number of methoxy groups -OCH3 is 6. The minimum atomic E-state index is -0.397. The lowest BCUT2D eigenvalue weighted by molar-refractivity contribution is 0.125. The Balaban J connectivity index is 1.33. The molecule has 0 amide bonds. The van der Waals surface area contributed by atoms with Crippen molar-refractivity contribution < 1.29 is 52.1 Å². The van der Waals surface area contributed by atoms with Crippen molar-refractivity contribution in [1.29, 1.82) is 0 Å². The van der Waals surface area contributed by atoms with Crippen LogP contribution in [0, 0.1) is 0 Å². The Kier molecular flexibility index (Phi) is 8.80. The number of benzene rings is 4. The molecule has 8 rings (SSSR count). The number of rotatable bonds is 10. The van der Waals surface area contributed by atoms with E-state index in [1.807, 2.05) is 36.4 Å². The summed E-state index contributed by atoms with van der Waals surface area (Å²) in [6.07, 6.45) is 2.41. The van der Waals surface area contributed by atoms with Gasteiger partial charge in [0.1, 0.15) is 11.9 Å². The maximum atomic E-state index is 7.31. The standard InChI is InChI=1S/C42H42O11/c1-21-9-35(40(29-18-34-31(14-25(21)29)49-19-52-34)24-12-38(45-5)42(48-8)39(13-24)46-6)53-30-16-27(23-10-36(43-3)41(47-7)37(11-23)44-4)28-17-33-32(50-20-51-33)15-26(28)22(30)2/h10-18,21-22,30H,9,19-20H2,1-8H3. The van der Waals surface area contributed by atoms with Crippen LogP contribution in [-0.2, 0) is 4.74 Å². The zero-order chi connectivity index (χ0) is 37.0. The van der Waals surface area contributed by atoms with E-state index in [-0.39, 0.29) is 25.4 Å². The highest BCUT2D eigenvalue weighted by Crippen LogP contribution is 2.52. The average molecular weight is 723 g/mol. The number of ether oxygens (including phenoxy) is 11. The van der Waals surface area contributed by atoms with Gasteiger partial charge in [-0.15, -0.1) is 0 Å². The van der Waals surface area contributed by atoms with Crippen molar-refractivity contribution in [2.45, 2.75) is 38.2 Å². The van der Waals surface area contributed by atoms with E-state index in [1.54, 1.807) is 42.7 Å². The first-order chi connectivity index (χ1) is 25.8. The molecule has 3 unspecified atom stereocenters. The lowest BCUT2D eigenvalue weighted by atomic mass is 9.78. The van der Waals surface area contributed by atoms with Crippen LogP contribution >= 0.6 is 0 Å². The van der Waals surface area contributed by atoms with Crippen molar-refractivity contribution in [2.24, 2.45) is 0 Å². The molecule has 4 aromatic carbocycles. The van der Waals surface area contributed by atoms with E-state index < -0.39 is 6.10 Å². The zero-order valence-corrected chi connectivity index (χ0v) is 31.0. The first kappa shape index (κ1) is 34.3. The summed E-state index contributed by atoms with van der Waals surface area (Å²) in [4.78, 5) is 0. The molecule has 11 heteroatoms. The summed E-state index contributed by atoms with van der Waals surface area (Å²) >= 11 is 0. The molecule has 3 atom stereocenters. The van der Waals surface area contributed by atoms with Gasteiger partial charge < -0.3 is 52.1 Å². The molecule has 2 heterocycles. The van der Waals surface area contributed by atoms with Gasteiger partial charge in [0.05, 0.1) is 42.7 Å². The molecule has 0 aromatic heterocycles. The molecule has 0 saturated carbocycles. The normalized spacial score (nSPS) is 19.2. The van der Waals surface area contributed by atoms with Crippen molar-refractivity contribution in [3.05, 3.63) is 93.7 Å².